The number of nitrogens with one attached hydrogen (secondary N) is 1. The first kappa shape index (κ1) is 25.8. The van der Waals surface area contributed by atoms with Crippen LogP contribution in [0.4, 0.5) is 0 Å². The van der Waals surface area contributed by atoms with Crippen LogP contribution in [0.15, 0.2) is 36.4 Å². The van der Waals surface area contributed by atoms with Crippen molar-refractivity contribution in [2.75, 3.05) is 6.54 Å². The van der Waals surface area contributed by atoms with Crippen molar-refractivity contribution in [3.8, 4) is 11.5 Å². The van der Waals surface area contributed by atoms with Gasteiger partial charge in [0.15, 0.2) is 0 Å². The van der Waals surface area contributed by atoms with E-state index in [4.69, 9.17) is 0 Å². The molecule has 0 aromatic heterocycles. The zero-order valence-corrected chi connectivity index (χ0v) is 22.1. The van der Waals surface area contributed by atoms with Gasteiger partial charge in [-0.25, -0.2) is 0 Å². The lowest BCUT2D eigenvalue weighted by Crippen LogP contribution is -2.42. The molecule has 0 radical (unpaired) electrons. The highest BCUT2D eigenvalue weighted by atomic mass is 16.3. The maximum Gasteiger partial charge on any atom is 0.220 e. The van der Waals surface area contributed by atoms with Crippen LogP contribution in [0.5, 0.6) is 11.5 Å². The summed E-state index contributed by atoms with van der Waals surface area (Å²) < 4.78 is 0. The van der Waals surface area contributed by atoms with Crippen molar-refractivity contribution in [2.24, 2.45) is 17.3 Å². The fraction of sp³-hybridized carbons (Fsp3) is 0.562. The van der Waals surface area contributed by atoms with E-state index < -0.39 is 0 Å². The van der Waals surface area contributed by atoms with Gasteiger partial charge in [0, 0.05) is 24.8 Å². The number of amides is 1. The van der Waals surface area contributed by atoms with Crippen LogP contribution in [0.1, 0.15) is 92.9 Å². The zero-order chi connectivity index (χ0) is 26.0. The van der Waals surface area contributed by atoms with E-state index in [9.17, 15) is 19.8 Å². The van der Waals surface area contributed by atoms with E-state index >= 15 is 0 Å². The Morgan fingerprint density at radius 3 is 2.62 bits per heavy atom. The summed E-state index contributed by atoms with van der Waals surface area (Å²) in [7, 11) is 0. The SMILES string of the molecule is C[C@]12CCC3c4cc(CCCCCC(=O)NCCc5ccc(O)cc5)c(O)cc4CCC3C1CCC2=O. The second-order valence-corrected chi connectivity index (χ2v) is 11.8. The van der Waals surface area contributed by atoms with Crippen LogP contribution in [0.25, 0.3) is 0 Å². The first-order chi connectivity index (χ1) is 17.8. The van der Waals surface area contributed by atoms with Gasteiger partial charge in [-0.3, -0.25) is 9.59 Å². The molecule has 0 heterocycles. The smallest absolute Gasteiger partial charge is 0.220 e. The van der Waals surface area contributed by atoms with Gasteiger partial charge in [0.05, 0.1) is 0 Å². The molecule has 2 saturated carbocycles. The number of aryl methyl sites for hydroxylation is 2. The molecule has 3 unspecified atom stereocenters. The molecule has 2 aromatic rings. The van der Waals surface area contributed by atoms with Gasteiger partial charge in [0.25, 0.3) is 0 Å². The van der Waals surface area contributed by atoms with E-state index in [1.54, 1.807) is 12.1 Å². The highest BCUT2D eigenvalue weighted by Crippen LogP contribution is 2.59. The molecule has 2 fully saturated rings. The van der Waals surface area contributed by atoms with Crippen LogP contribution < -0.4 is 5.32 Å². The fourth-order valence-electron chi connectivity index (χ4n) is 7.50. The van der Waals surface area contributed by atoms with Crippen LogP contribution >= 0.6 is 0 Å². The Morgan fingerprint density at radius 2 is 1.81 bits per heavy atom. The number of aromatic hydroxyl groups is 2. The molecule has 0 spiro atoms. The molecule has 3 N–H and O–H groups in total. The number of ketones is 1. The van der Waals surface area contributed by atoms with Gasteiger partial charge < -0.3 is 15.5 Å². The average molecular weight is 504 g/mol. The Kier molecular flexibility index (Phi) is 7.60. The fourth-order valence-corrected chi connectivity index (χ4v) is 7.50. The maximum absolute atomic E-state index is 12.6. The summed E-state index contributed by atoms with van der Waals surface area (Å²) in [5.74, 6) is 2.89. The molecular formula is C32H41NO4. The van der Waals surface area contributed by atoms with Crippen LogP contribution in [0, 0.1) is 17.3 Å². The molecule has 3 aliphatic rings. The van der Waals surface area contributed by atoms with Gasteiger partial charge in [-0.15, -0.1) is 0 Å². The Morgan fingerprint density at radius 1 is 1.00 bits per heavy atom. The molecule has 1 amide bonds. The molecule has 0 bridgehead atoms. The van der Waals surface area contributed by atoms with Crippen molar-refractivity contribution in [3.05, 3.63) is 58.7 Å². The van der Waals surface area contributed by atoms with E-state index in [-0.39, 0.29) is 17.1 Å². The minimum atomic E-state index is -0.101. The number of carbonyl (C=O) groups excluding carboxylic acids is 2. The molecule has 3 aliphatic carbocycles. The van der Waals surface area contributed by atoms with Gasteiger partial charge in [-0.05, 0) is 116 Å². The predicted octanol–water partition coefficient (Wildman–Crippen LogP) is 5.98. The van der Waals surface area contributed by atoms with E-state index in [0.717, 1.165) is 81.8 Å². The van der Waals surface area contributed by atoms with Crippen molar-refractivity contribution in [2.45, 2.75) is 89.9 Å². The molecule has 37 heavy (non-hydrogen) atoms. The lowest BCUT2D eigenvalue weighted by molar-refractivity contribution is -0.129. The number of benzene rings is 2. The normalized spacial score (nSPS) is 26.3. The molecule has 4 atom stereocenters. The lowest BCUT2D eigenvalue weighted by atomic mass is 9.55. The van der Waals surface area contributed by atoms with Crippen molar-refractivity contribution in [3.63, 3.8) is 0 Å². The summed E-state index contributed by atoms with van der Waals surface area (Å²) in [6.07, 6.45) is 10.9. The summed E-state index contributed by atoms with van der Waals surface area (Å²) in [5.41, 5.74) is 4.76. The number of phenols is 2. The van der Waals surface area contributed by atoms with Crippen LogP contribution in [-0.4, -0.2) is 28.4 Å². The van der Waals surface area contributed by atoms with Crippen molar-refractivity contribution >= 4 is 11.7 Å². The number of fused-ring (bicyclic) bond motifs is 5. The summed E-state index contributed by atoms with van der Waals surface area (Å²) in [5, 5.41) is 23.0. The lowest BCUT2D eigenvalue weighted by Gasteiger charge is -2.48. The van der Waals surface area contributed by atoms with Gasteiger partial charge in [0.2, 0.25) is 5.91 Å². The van der Waals surface area contributed by atoms with Gasteiger partial charge >= 0.3 is 0 Å². The monoisotopic (exact) mass is 503 g/mol. The Labute approximate surface area is 220 Å². The number of hydrogen-bond acceptors (Lipinski definition) is 4. The van der Waals surface area contributed by atoms with Crippen LogP contribution in [0.2, 0.25) is 0 Å². The minimum Gasteiger partial charge on any atom is -0.508 e. The largest absolute Gasteiger partial charge is 0.508 e. The molecule has 2 aromatic carbocycles. The molecule has 0 aliphatic heterocycles. The number of rotatable bonds is 9. The number of hydrogen-bond donors (Lipinski definition) is 3. The topological polar surface area (TPSA) is 86.6 Å². The quantitative estimate of drug-likeness (QED) is 0.367. The maximum atomic E-state index is 12.6. The Bertz CT molecular complexity index is 1140. The van der Waals surface area contributed by atoms with Crippen LogP contribution in [0.3, 0.4) is 0 Å². The summed E-state index contributed by atoms with van der Waals surface area (Å²) >= 11 is 0. The Hall–Kier alpha value is -2.82. The second kappa shape index (κ2) is 10.9. The van der Waals surface area contributed by atoms with E-state index in [1.165, 1.54) is 11.1 Å². The zero-order valence-electron chi connectivity index (χ0n) is 22.1. The number of carbonyl (C=O) groups is 2. The van der Waals surface area contributed by atoms with Crippen molar-refractivity contribution in [1.82, 2.24) is 5.32 Å². The highest BCUT2D eigenvalue weighted by molar-refractivity contribution is 5.87. The van der Waals surface area contributed by atoms with E-state index in [0.29, 0.717) is 42.3 Å². The molecule has 5 heteroatoms. The summed E-state index contributed by atoms with van der Waals surface area (Å²) in [6.45, 7) is 2.82. The number of unbranched alkanes of at least 4 members (excludes halogenated alkanes) is 2. The van der Waals surface area contributed by atoms with E-state index in [1.807, 2.05) is 18.2 Å². The van der Waals surface area contributed by atoms with Gasteiger partial charge in [0.1, 0.15) is 17.3 Å². The second-order valence-electron chi connectivity index (χ2n) is 11.8. The molecule has 0 saturated heterocycles. The average Bonchev–Trinajstić information content (AvgIpc) is 3.19. The third kappa shape index (κ3) is 5.42. The molecule has 5 nitrogen and oxygen atoms in total. The summed E-state index contributed by atoms with van der Waals surface area (Å²) in [4.78, 5) is 24.8. The first-order valence-corrected chi connectivity index (χ1v) is 14.3. The summed E-state index contributed by atoms with van der Waals surface area (Å²) in [6, 6.07) is 11.4. The Balaban J connectivity index is 1.09. The number of Topliss-reactive ketones (excluding diaryl/α,β-unsaturated/α-hetero) is 1. The first-order valence-electron chi connectivity index (χ1n) is 14.3. The standard InChI is InChI=1S/C32H41NO4/c1-32-17-15-25-26(28(32)13-14-30(32)36)12-9-22-20-29(35)23(19-27(22)25)5-3-2-4-6-31(37)33-18-16-21-7-10-24(34)11-8-21/h7-8,10-11,19-20,25-26,28,34-35H,2-6,9,12-18H2,1H3,(H,33,37)/t25?,26?,28?,32-/m0/s1. The third-order valence-electron chi connectivity index (χ3n) is 9.66. The molecule has 198 valence electrons. The minimum absolute atomic E-state index is 0.0798. The molecular weight excluding hydrogens is 462 g/mol. The van der Waals surface area contributed by atoms with Gasteiger partial charge in [-0.1, -0.05) is 31.5 Å². The third-order valence-corrected chi connectivity index (χ3v) is 9.66. The van der Waals surface area contributed by atoms with E-state index in [2.05, 4.69) is 18.3 Å². The van der Waals surface area contributed by atoms with Crippen molar-refractivity contribution < 1.29 is 19.8 Å². The highest BCUT2D eigenvalue weighted by Gasteiger charge is 2.54. The van der Waals surface area contributed by atoms with Crippen LogP contribution in [-0.2, 0) is 28.9 Å². The van der Waals surface area contributed by atoms with Crippen molar-refractivity contribution in [1.29, 1.82) is 0 Å². The number of phenolic OH excluding ortho intramolecular Hbond substituents is 2. The van der Waals surface area contributed by atoms with Gasteiger partial charge in [-0.2, -0.15) is 0 Å². The molecule has 5 rings (SSSR count). The predicted molar refractivity (Wildman–Crippen MR) is 145 cm³/mol.